The van der Waals surface area contributed by atoms with Gasteiger partial charge in [0.25, 0.3) is 0 Å². The predicted molar refractivity (Wildman–Crippen MR) is 81.3 cm³/mol. The number of anilines is 1. The lowest BCUT2D eigenvalue weighted by Crippen LogP contribution is -2.24. The Kier molecular flexibility index (Phi) is 5.09. The van der Waals surface area contributed by atoms with E-state index < -0.39 is 0 Å². The zero-order valence-electron chi connectivity index (χ0n) is 12.7. The monoisotopic (exact) mass is 279 g/mol. The van der Waals surface area contributed by atoms with Gasteiger partial charge in [0.15, 0.2) is 11.5 Å². The minimum Gasteiger partial charge on any atom is -0.486 e. The molecular formula is C15H25N3O2. The quantitative estimate of drug-likeness (QED) is 0.798. The first kappa shape index (κ1) is 14.9. The van der Waals surface area contributed by atoms with E-state index in [1.807, 2.05) is 12.1 Å². The van der Waals surface area contributed by atoms with Gasteiger partial charge in [-0.15, -0.1) is 0 Å². The Balaban J connectivity index is 1.95. The molecule has 1 aliphatic heterocycles. The van der Waals surface area contributed by atoms with E-state index in [1.165, 1.54) is 0 Å². The van der Waals surface area contributed by atoms with Gasteiger partial charge in [-0.2, -0.15) is 0 Å². The summed E-state index contributed by atoms with van der Waals surface area (Å²) in [6.07, 6.45) is 1.15. The second kappa shape index (κ2) is 6.81. The Morgan fingerprint density at radius 2 is 1.70 bits per heavy atom. The zero-order valence-corrected chi connectivity index (χ0v) is 12.7. The topological polar surface area (TPSA) is 51.0 Å². The average molecular weight is 279 g/mol. The van der Waals surface area contributed by atoms with Gasteiger partial charge in [-0.25, -0.2) is 0 Å². The molecule has 0 aromatic heterocycles. The molecule has 2 rings (SSSR count). The van der Waals surface area contributed by atoms with Crippen molar-refractivity contribution in [2.75, 3.05) is 53.2 Å². The first-order chi connectivity index (χ1) is 9.56. The van der Waals surface area contributed by atoms with Crippen molar-refractivity contribution in [3.63, 3.8) is 0 Å². The number of ether oxygens (including phenoxy) is 2. The predicted octanol–water partition coefficient (Wildman–Crippen LogP) is 1.42. The summed E-state index contributed by atoms with van der Waals surface area (Å²) in [5, 5.41) is 0. The van der Waals surface area contributed by atoms with E-state index in [0.717, 1.165) is 48.8 Å². The van der Waals surface area contributed by atoms with Crippen LogP contribution in [0.2, 0.25) is 0 Å². The van der Waals surface area contributed by atoms with Crippen LogP contribution in [0.15, 0.2) is 12.1 Å². The van der Waals surface area contributed by atoms with Crippen LogP contribution in [0.4, 0.5) is 5.69 Å². The third-order valence-corrected chi connectivity index (χ3v) is 3.39. The largest absolute Gasteiger partial charge is 0.486 e. The lowest BCUT2D eigenvalue weighted by Gasteiger charge is -2.23. The van der Waals surface area contributed by atoms with Crippen molar-refractivity contribution in [1.82, 2.24) is 9.80 Å². The number of benzene rings is 1. The van der Waals surface area contributed by atoms with Gasteiger partial charge in [0.2, 0.25) is 0 Å². The van der Waals surface area contributed by atoms with Gasteiger partial charge >= 0.3 is 0 Å². The van der Waals surface area contributed by atoms with E-state index >= 15 is 0 Å². The van der Waals surface area contributed by atoms with E-state index in [0.29, 0.717) is 13.2 Å². The first-order valence-electron chi connectivity index (χ1n) is 7.07. The Morgan fingerprint density at radius 1 is 1.05 bits per heavy atom. The molecule has 0 saturated heterocycles. The second-order valence-electron chi connectivity index (χ2n) is 5.59. The lowest BCUT2D eigenvalue weighted by molar-refractivity contribution is 0.171. The molecule has 0 bridgehead atoms. The molecule has 0 radical (unpaired) electrons. The summed E-state index contributed by atoms with van der Waals surface area (Å²) in [5.41, 5.74) is 7.97. The number of hydrogen-bond acceptors (Lipinski definition) is 5. The molecule has 5 nitrogen and oxygen atoms in total. The van der Waals surface area contributed by atoms with Crippen LogP contribution in [0.3, 0.4) is 0 Å². The van der Waals surface area contributed by atoms with Crippen LogP contribution in [0.5, 0.6) is 11.5 Å². The molecule has 0 unspecified atom stereocenters. The summed E-state index contributed by atoms with van der Waals surface area (Å²) in [7, 11) is 6.31. The third kappa shape index (κ3) is 4.02. The highest BCUT2D eigenvalue weighted by Crippen LogP contribution is 2.34. The lowest BCUT2D eigenvalue weighted by atomic mass is 10.1. The smallest absolute Gasteiger partial charge is 0.163 e. The molecule has 20 heavy (non-hydrogen) atoms. The molecule has 0 aliphatic carbocycles. The molecule has 0 fully saturated rings. The highest BCUT2D eigenvalue weighted by Gasteiger charge is 2.15. The molecule has 0 atom stereocenters. The van der Waals surface area contributed by atoms with Gasteiger partial charge in [-0.3, -0.25) is 0 Å². The molecule has 2 N–H and O–H groups in total. The van der Waals surface area contributed by atoms with Crippen molar-refractivity contribution in [3.05, 3.63) is 17.7 Å². The van der Waals surface area contributed by atoms with Crippen LogP contribution in [0, 0.1) is 0 Å². The molecule has 1 heterocycles. The van der Waals surface area contributed by atoms with Crippen LogP contribution in [-0.2, 0) is 6.54 Å². The molecule has 5 heteroatoms. The van der Waals surface area contributed by atoms with Gasteiger partial charge in [-0.1, -0.05) is 0 Å². The van der Waals surface area contributed by atoms with Crippen molar-refractivity contribution >= 4 is 5.69 Å². The molecule has 0 amide bonds. The molecular weight excluding hydrogens is 254 g/mol. The Hall–Kier alpha value is -1.46. The maximum absolute atomic E-state index is 6.10. The minimum absolute atomic E-state index is 0.593. The molecule has 1 aliphatic rings. The number of fused-ring (bicyclic) bond motifs is 1. The van der Waals surface area contributed by atoms with E-state index in [4.69, 9.17) is 15.2 Å². The van der Waals surface area contributed by atoms with Crippen LogP contribution in [-0.4, -0.2) is 57.2 Å². The highest BCUT2D eigenvalue weighted by molar-refractivity contribution is 5.58. The van der Waals surface area contributed by atoms with Gasteiger partial charge in [0.1, 0.15) is 13.2 Å². The number of nitrogens with zero attached hydrogens (tertiary/aromatic N) is 2. The van der Waals surface area contributed by atoms with Crippen molar-refractivity contribution < 1.29 is 9.47 Å². The summed E-state index contributed by atoms with van der Waals surface area (Å²) in [5.74, 6) is 1.56. The number of rotatable bonds is 6. The normalized spacial score (nSPS) is 14.1. The standard InChI is InChI=1S/C15H25N3O2/c1-17(2)5-4-6-18(3)11-12-9-14-15(10-13(12)16)20-8-7-19-14/h9-10H,4-8,11,16H2,1-3H3. The Labute approximate surface area is 121 Å². The first-order valence-corrected chi connectivity index (χ1v) is 7.07. The second-order valence-corrected chi connectivity index (χ2v) is 5.59. The minimum atomic E-state index is 0.593. The van der Waals surface area contributed by atoms with Gasteiger partial charge in [-0.05, 0) is 52.3 Å². The molecule has 0 spiro atoms. The van der Waals surface area contributed by atoms with E-state index in [-0.39, 0.29) is 0 Å². The van der Waals surface area contributed by atoms with Crippen LogP contribution < -0.4 is 15.2 Å². The third-order valence-electron chi connectivity index (χ3n) is 3.39. The van der Waals surface area contributed by atoms with Crippen molar-refractivity contribution in [1.29, 1.82) is 0 Å². The SMILES string of the molecule is CN(C)CCCN(C)Cc1cc2c(cc1N)OCCO2. The maximum Gasteiger partial charge on any atom is 0.163 e. The maximum atomic E-state index is 6.10. The molecule has 1 aromatic carbocycles. The number of hydrogen-bond donors (Lipinski definition) is 1. The summed E-state index contributed by atoms with van der Waals surface area (Å²) in [4.78, 5) is 4.48. The fourth-order valence-electron chi connectivity index (χ4n) is 2.31. The summed E-state index contributed by atoms with van der Waals surface area (Å²) in [6, 6.07) is 3.88. The van der Waals surface area contributed by atoms with Crippen LogP contribution >= 0.6 is 0 Å². The summed E-state index contributed by atoms with van der Waals surface area (Å²) < 4.78 is 11.1. The van der Waals surface area contributed by atoms with Crippen molar-refractivity contribution in [3.8, 4) is 11.5 Å². The Bertz CT molecular complexity index is 449. The van der Waals surface area contributed by atoms with Gasteiger partial charge < -0.3 is 25.0 Å². The highest BCUT2D eigenvalue weighted by atomic mass is 16.6. The summed E-state index contributed by atoms with van der Waals surface area (Å²) >= 11 is 0. The van der Waals surface area contributed by atoms with Crippen LogP contribution in [0.25, 0.3) is 0 Å². The molecule has 0 saturated carbocycles. The Morgan fingerprint density at radius 3 is 2.35 bits per heavy atom. The zero-order chi connectivity index (χ0) is 14.5. The fourth-order valence-corrected chi connectivity index (χ4v) is 2.31. The molecule has 112 valence electrons. The van der Waals surface area contributed by atoms with Gasteiger partial charge in [0.05, 0.1) is 0 Å². The van der Waals surface area contributed by atoms with Crippen LogP contribution in [0.1, 0.15) is 12.0 Å². The fraction of sp³-hybridized carbons (Fsp3) is 0.600. The van der Waals surface area contributed by atoms with E-state index in [9.17, 15) is 0 Å². The van der Waals surface area contributed by atoms with E-state index in [1.54, 1.807) is 0 Å². The number of nitrogen functional groups attached to an aromatic ring is 1. The van der Waals surface area contributed by atoms with Gasteiger partial charge in [0, 0.05) is 18.3 Å². The molecule has 1 aromatic rings. The van der Waals surface area contributed by atoms with Crippen molar-refractivity contribution in [2.24, 2.45) is 0 Å². The van der Waals surface area contributed by atoms with E-state index in [2.05, 4.69) is 30.9 Å². The van der Waals surface area contributed by atoms with Crippen molar-refractivity contribution in [2.45, 2.75) is 13.0 Å². The summed E-state index contributed by atoms with van der Waals surface area (Å²) in [6.45, 7) is 4.17. The number of nitrogens with two attached hydrogens (primary N) is 1. The average Bonchev–Trinajstić information content (AvgIpc) is 2.39.